The summed E-state index contributed by atoms with van der Waals surface area (Å²) < 4.78 is 2.73. The Morgan fingerprint density at radius 1 is 1.57 bits per heavy atom. The predicted octanol–water partition coefficient (Wildman–Crippen LogP) is 2.40. The molecule has 0 saturated carbocycles. The third-order valence-corrected chi connectivity index (χ3v) is 3.19. The SMILES string of the molecule is CCCC(=O)Cc1c(Br)c(C)nn1C. The van der Waals surface area contributed by atoms with Gasteiger partial charge in [-0.1, -0.05) is 6.92 Å². The molecule has 3 nitrogen and oxygen atoms in total. The van der Waals surface area contributed by atoms with Crippen molar-refractivity contribution in [3.8, 4) is 0 Å². The molecule has 4 heteroatoms. The molecule has 78 valence electrons. The van der Waals surface area contributed by atoms with Gasteiger partial charge < -0.3 is 0 Å². The van der Waals surface area contributed by atoms with Crippen molar-refractivity contribution in [2.75, 3.05) is 0 Å². The Labute approximate surface area is 92.6 Å². The molecule has 0 N–H and O–H groups in total. The van der Waals surface area contributed by atoms with Crippen molar-refractivity contribution in [1.82, 2.24) is 9.78 Å². The van der Waals surface area contributed by atoms with Gasteiger partial charge in [0.15, 0.2) is 0 Å². The summed E-state index contributed by atoms with van der Waals surface area (Å²) in [4.78, 5) is 11.5. The van der Waals surface area contributed by atoms with E-state index in [9.17, 15) is 4.79 Å². The molecule has 0 aliphatic rings. The average Bonchev–Trinajstić information content (AvgIpc) is 2.33. The first-order valence-electron chi connectivity index (χ1n) is 4.76. The van der Waals surface area contributed by atoms with E-state index in [2.05, 4.69) is 21.0 Å². The lowest BCUT2D eigenvalue weighted by atomic mass is 10.1. The second-order valence-electron chi connectivity index (χ2n) is 3.44. The van der Waals surface area contributed by atoms with E-state index >= 15 is 0 Å². The highest BCUT2D eigenvalue weighted by Gasteiger charge is 2.13. The van der Waals surface area contributed by atoms with Crippen LogP contribution in [-0.2, 0) is 18.3 Å². The van der Waals surface area contributed by atoms with E-state index in [0.717, 1.165) is 22.3 Å². The van der Waals surface area contributed by atoms with E-state index in [-0.39, 0.29) is 5.78 Å². The summed E-state index contributed by atoms with van der Waals surface area (Å²) >= 11 is 3.45. The van der Waals surface area contributed by atoms with Crippen molar-refractivity contribution < 1.29 is 4.79 Å². The molecule has 1 rings (SSSR count). The number of halogens is 1. The van der Waals surface area contributed by atoms with E-state index in [0.29, 0.717) is 12.8 Å². The van der Waals surface area contributed by atoms with Gasteiger partial charge in [-0.15, -0.1) is 0 Å². The third kappa shape index (κ3) is 2.44. The number of carbonyl (C=O) groups is 1. The van der Waals surface area contributed by atoms with Crippen LogP contribution in [0.1, 0.15) is 31.2 Å². The topological polar surface area (TPSA) is 34.9 Å². The van der Waals surface area contributed by atoms with E-state index in [4.69, 9.17) is 0 Å². The molecule has 0 atom stereocenters. The lowest BCUT2D eigenvalue weighted by Crippen LogP contribution is -2.07. The minimum absolute atomic E-state index is 0.274. The zero-order chi connectivity index (χ0) is 10.7. The quantitative estimate of drug-likeness (QED) is 0.832. The number of carbonyl (C=O) groups excluding carboxylic acids is 1. The molecule has 1 heterocycles. The van der Waals surface area contributed by atoms with Gasteiger partial charge >= 0.3 is 0 Å². The van der Waals surface area contributed by atoms with Crippen molar-refractivity contribution in [1.29, 1.82) is 0 Å². The van der Waals surface area contributed by atoms with E-state index in [1.54, 1.807) is 4.68 Å². The zero-order valence-corrected chi connectivity index (χ0v) is 10.4. The summed E-state index contributed by atoms with van der Waals surface area (Å²) in [7, 11) is 1.87. The normalized spacial score (nSPS) is 10.6. The summed E-state index contributed by atoms with van der Waals surface area (Å²) in [5.74, 6) is 0.274. The monoisotopic (exact) mass is 258 g/mol. The fourth-order valence-corrected chi connectivity index (χ4v) is 1.90. The van der Waals surface area contributed by atoms with Crippen LogP contribution in [0, 0.1) is 6.92 Å². The van der Waals surface area contributed by atoms with Crippen molar-refractivity contribution in [2.45, 2.75) is 33.1 Å². The molecule has 0 amide bonds. The van der Waals surface area contributed by atoms with Crippen LogP contribution in [0.5, 0.6) is 0 Å². The lowest BCUT2D eigenvalue weighted by molar-refractivity contribution is -0.118. The molecule has 0 unspecified atom stereocenters. The van der Waals surface area contributed by atoms with Crippen molar-refractivity contribution in [3.63, 3.8) is 0 Å². The van der Waals surface area contributed by atoms with Gasteiger partial charge in [0.25, 0.3) is 0 Å². The highest BCUT2D eigenvalue weighted by atomic mass is 79.9. The minimum Gasteiger partial charge on any atom is -0.299 e. The maximum Gasteiger partial charge on any atom is 0.138 e. The summed E-state index contributed by atoms with van der Waals surface area (Å²) in [6, 6.07) is 0. The number of Topliss-reactive ketones (excluding diaryl/α,β-unsaturated/α-hetero) is 1. The van der Waals surface area contributed by atoms with Crippen LogP contribution in [0.2, 0.25) is 0 Å². The summed E-state index contributed by atoms with van der Waals surface area (Å²) in [6.45, 7) is 3.94. The number of hydrogen-bond donors (Lipinski definition) is 0. The predicted molar refractivity (Wildman–Crippen MR) is 59.3 cm³/mol. The molecule has 14 heavy (non-hydrogen) atoms. The molecule has 0 bridgehead atoms. The Morgan fingerprint density at radius 3 is 2.64 bits per heavy atom. The van der Waals surface area contributed by atoms with Crippen LogP contribution in [0.15, 0.2) is 4.47 Å². The molecule has 0 radical (unpaired) electrons. The van der Waals surface area contributed by atoms with Crippen LogP contribution < -0.4 is 0 Å². The lowest BCUT2D eigenvalue weighted by Gasteiger charge is -2.01. The highest BCUT2D eigenvalue weighted by Crippen LogP contribution is 2.21. The Bertz CT molecular complexity index is 344. The number of hydrogen-bond acceptors (Lipinski definition) is 2. The van der Waals surface area contributed by atoms with Gasteiger partial charge in [0.2, 0.25) is 0 Å². The Morgan fingerprint density at radius 2 is 2.21 bits per heavy atom. The van der Waals surface area contributed by atoms with Gasteiger partial charge in [-0.3, -0.25) is 9.48 Å². The van der Waals surface area contributed by atoms with Crippen LogP contribution >= 0.6 is 15.9 Å². The van der Waals surface area contributed by atoms with Gasteiger partial charge in [-0.05, 0) is 29.3 Å². The first-order chi connectivity index (χ1) is 6.56. The number of nitrogens with zero attached hydrogens (tertiary/aromatic N) is 2. The fourth-order valence-electron chi connectivity index (χ4n) is 1.43. The van der Waals surface area contributed by atoms with Gasteiger partial charge in [0, 0.05) is 19.9 Å². The minimum atomic E-state index is 0.274. The zero-order valence-electron chi connectivity index (χ0n) is 8.80. The van der Waals surface area contributed by atoms with Crippen molar-refractivity contribution in [2.24, 2.45) is 7.05 Å². The van der Waals surface area contributed by atoms with Crippen LogP contribution in [-0.4, -0.2) is 15.6 Å². The van der Waals surface area contributed by atoms with Crippen LogP contribution in [0.25, 0.3) is 0 Å². The highest BCUT2D eigenvalue weighted by molar-refractivity contribution is 9.10. The molecule has 0 aliphatic heterocycles. The number of rotatable bonds is 4. The first-order valence-corrected chi connectivity index (χ1v) is 5.55. The van der Waals surface area contributed by atoms with Crippen molar-refractivity contribution in [3.05, 3.63) is 15.9 Å². The smallest absolute Gasteiger partial charge is 0.138 e. The van der Waals surface area contributed by atoms with Gasteiger partial charge in [0.05, 0.1) is 15.9 Å². The average molecular weight is 259 g/mol. The Balaban J connectivity index is 2.81. The summed E-state index contributed by atoms with van der Waals surface area (Å²) in [6.07, 6.45) is 2.04. The molecule has 0 fully saturated rings. The molecular formula is C10H15BrN2O. The standard InChI is InChI=1S/C10H15BrN2O/c1-4-5-8(14)6-9-10(11)7(2)12-13(9)3/h4-6H2,1-3H3. The fraction of sp³-hybridized carbons (Fsp3) is 0.600. The molecule has 1 aromatic rings. The summed E-state index contributed by atoms with van der Waals surface area (Å²) in [5.41, 5.74) is 1.91. The van der Waals surface area contributed by atoms with Crippen molar-refractivity contribution >= 4 is 21.7 Å². The van der Waals surface area contributed by atoms with E-state index in [1.165, 1.54) is 0 Å². The Kier molecular flexibility index (Phi) is 3.86. The van der Waals surface area contributed by atoms with Crippen LogP contribution in [0.4, 0.5) is 0 Å². The van der Waals surface area contributed by atoms with E-state index in [1.807, 2.05) is 20.9 Å². The Hall–Kier alpha value is -0.640. The second kappa shape index (κ2) is 4.73. The third-order valence-electron chi connectivity index (χ3n) is 2.16. The largest absolute Gasteiger partial charge is 0.299 e. The second-order valence-corrected chi connectivity index (χ2v) is 4.23. The van der Waals surface area contributed by atoms with Gasteiger partial charge in [0.1, 0.15) is 5.78 Å². The van der Waals surface area contributed by atoms with Gasteiger partial charge in [-0.25, -0.2) is 0 Å². The molecule has 0 saturated heterocycles. The number of ketones is 1. The molecular weight excluding hydrogens is 244 g/mol. The molecule has 0 aliphatic carbocycles. The summed E-state index contributed by atoms with van der Waals surface area (Å²) in [5, 5.41) is 4.24. The molecule has 0 spiro atoms. The van der Waals surface area contributed by atoms with E-state index < -0.39 is 0 Å². The maximum absolute atomic E-state index is 11.5. The van der Waals surface area contributed by atoms with Gasteiger partial charge in [-0.2, -0.15) is 5.10 Å². The maximum atomic E-state index is 11.5. The van der Waals surface area contributed by atoms with Crippen LogP contribution in [0.3, 0.4) is 0 Å². The first kappa shape index (κ1) is 11.4. The molecule has 0 aromatic carbocycles. The number of aromatic nitrogens is 2. The molecule has 1 aromatic heterocycles. The number of aryl methyl sites for hydroxylation is 2.